The maximum absolute atomic E-state index is 12.8. The Balaban J connectivity index is 1.64. The highest BCUT2D eigenvalue weighted by Crippen LogP contribution is 2.25. The molecule has 27 heavy (non-hydrogen) atoms. The second kappa shape index (κ2) is 7.59. The van der Waals surface area contributed by atoms with Crippen LogP contribution in [0.1, 0.15) is 5.56 Å². The molecule has 3 nitrogen and oxygen atoms in total. The first-order valence-corrected chi connectivity index (χ1v) is 9.46. The first-order valence-electron chi connectivity index (χ1n) is 8.29. The van der Waals surface area contributed by atoms with Crippen LogP contribution >= 0.6 is 27.5 Å². The molecule has 0 aliphatic rings. The average molecular weight is 442 g/mol. The van der Waals surface area contributed by atoms with Gasteiger partial charge in [-0.05, 0) is 35.9 Å². The highest BCUT2D eigenvalue weighted by molar-refractivity contribution is 9.10. The zero-order chi connectivity index (χ0) is 18.8. The van der Waals surface area contributed by atoms with Gasteiger partial charge < -0.3 is 9.15 Å². The average Bonchev–Trinajstić information content (AvgIpc) is 2.68. The van der Waals surface area contributed by atoms with E-state index in [1.54, 1.807) is 18.2 Å². The summed E-state index contributed by atoms with van der Waals surface area (Å²) in [4.78, 5) is 12.8. The van der Waals surface area contributed by atoms with Crippen LogP contribution in [0.2, 0.25) is 5.02 Å². The van der Waals surface area contributed by atoms with Gasteiger partial charge in [0.25, 0.3) is 0 Å². The molecule has 1 aromatic heterocycles. The van der Waals surface area contributed by atoms with Crippen molar-refractivity contribution < 1.29 is 9.15 Å². The van der Waals surface area contributed by atoms with Crippen LogP contribution in [-0.2, 0) is 6.61 Å². The zero-order valence-corrected chi connectivity index (χ0v) is 16.5. The summed E-state index contributed by atoms with van der Waals surface area (Å²) < 4.78 is 12.5. The zero-order valence-electron chi connectivity index (χ0n) is 14.1. The Hall–Kier alpha value is -2.56. The van der Waals surface area contributed by atoms with Gasteiger partial charge in [0, 0.05) is 21.1 Å². The van der Waals surface area contributed by atoms with E-state index in [4.69, 9.17) is 20.8 Å². The summed E-state index contributed by atoms with van der Waals surface area (Å²) in [5, 5.41) is 1.17. The van der Waals surface area contributed by atoms with E-state index < -0.39 is 0 Å². The van der Waals surface area contributed by atoms with Crippen molar-refractivity contribution in [3.8, 4) is 16.9 Å². The van der Waals surface area contributed by atoms with Crippen molar-refractivity contribution in [2.75, 3.05) is 0 Å². The van der Waals surface area contributed by atoms with Crippen molar-refractivity contribution in [3.05, 3.63) is 98.3 Å². The molecule has 0 aliphatic carbocycles. The van der Waals surface area contributed by atoms with E-state index in [0.717, 1.165) is 15.6 Å². The molecule has 0 amide bonds. The Morgan fingerprint density at radius 3 is 2.56 bits per heavy atom. The lowest BCUT2D eigenvalue weighted by Gasteiger charge is -2.09. The Morgan fingerprint density at radius 1 is 1.00 bits per heavy atom. The van der Waals surface area contributed by atoms with Gasteiger partial charge in [-0.15, -0.1) is 0 Å². The van der Waals surface area contributed by atoms with Gasteiger partial charge in [0.1, 0.15) is 24.2 Å². The van der Waals surface area contributed by atoms with Crippen molar-refractivity contribution in [1.29, 1.82) is 0 Å². The van der Waals surface area contributed by atoms with Gasteiger partial charge >= 0.3 is 0 Å². The summed E-state index contributed by atoms with van der Waals surface area (Å²) in [7, 11) is 0. The van der Waals surface area contributed by atoms with Crippen LogP contribution in [0.4, 0.5) is 0 Å². The lowest BCUT2D eigenvalue weighted by atomic mass is 10.1. The van der Waals surface area contributed by atoms with Crippen LogP contribution in [0, 0.1) is 0 Å². The van der Waals surface area contributed by atoms with E-state index in [2.05, 4.69) is 15.9 Å². The topological polar surface area (TPSA) is 39.4 Å². The minimum Gasteiger partial charge on any atom is -0.489 e. The SMILES string of the molecule is O=c1c(-c2ccc(Br)cc2)coc2cc(OCc3ccccc3Cl)ccc12. The number of rotatable bonds is 4. The summed E-state index contributed by atoms with van der Waals surface area (Å²) in [5.74, 6) is 0.613. The predicted octanol–water partition coefficient (Wildman–Crippen LogP) is 6.45. The minimum atomic E-state index is -0.0729. The van der Waals surface area contributed by atoms with Crippen molar-refractivity contribution in [2.24, 2.45) is 0 Å². The molecule has 0 atom stereocenters. The van der Waals surface area contributed by atoms with E-state index in [1.165, 1.54) is 6.26 Å². The molecule has 0 spiro atoms. The molecule has 134 valence electrons. The number of hydrogen-bond acceptors (Lipinski definition) is 3. The lowest BCUT2D eigenvalue weighted by molar-refractivity contribution is 0.306. The molecule has 0 saturated carbocycles. The third-order valence-electron chi connectivity index (χ3n) is 4.25. The Kier molecular flexibility index (Phi) is 5.01. The molecule has 4 rings (SSSR count). The molecule has 1 heterocycles. The third-order valence-corrected chi connectivity index (χ3v) is 5.15. The fourth-order valence-electron chi connectivity index (χ4n) is 2.80. The fourth-order valence-corrected chi connectivity index (χ4v) is 3.26. The van der Waals surface area contributed by atoms with Gasteiger partial charge in [-0.25, -0.2) is 0 Å². The molecule has 0 saturated heterocycles. The summed E-state index contributed by atoms with van der Waals surface area (Å²) >= 11 is 9.55. The summed E-state index contributed by atoms with van der Waals surface area (Å²) in [6.07, 6.45) is 1.49. The highest BCUT2D eigenvalue weighted by atomic mass is 79.9. The smallest absolute Gasteiger partial charge is 0.200 e. The Bertz CT molecular complexity index is 1170. The second-order valence-corrected chi connectivity index (χ2v) is 7.35. The summed E-state index contributed by atoms with van der Waals surface area (Å²) in [5.41, 5.74) is 2.65. The molecule has 0 bridgehead atoms. The maximum Gasteiger partial charge on any atom is 0.200 e. The van der Waals surface area contributed by atoms with Crippen LogP contribution in [0.5, 0.6) is 5.75 Å². The molecule has 0 N–H and O–H groups in total. The van der Waals surface area contributed by atoms with Crippen LogP contribution in [0.3, 0.4) is 0 Å². The van der Waals surface area contributed by atoms with E-state index in [9.17, 15) is 4.79 Å². The Morgan fingerprint density at radius 2 is 1.78 bits per heavy atom. The van der Waals surface area contributed by atoms with E-state index in [0.29, 0.717) is 33.9 Å². The first-order chi connectivity index (χ1) is 13.1. The van der Waals surface area contributed by atoms with Crippen LogP contribution < -0.4 is 10.2 Å². The Labute approximate surface area is 169 Å². The molecule has 0 unspecified atom stereocenters. The molecule has 0 aliphatic heterocycles. The quantitative estimate of drug-likeness (QED) is 0.365. The van der Waals surface area contributed by atoms with Crippen LogP contribution in [-0.4, -0.2) is 0 Å². The standard InChI is InChI=1S/C22H14BrClO3/c23-16-7-5-14(6-8-16)19-13-27-21-11-17(9-10-18(21)22(19)25)26-12-15-3-1-2-4-20(15)24/h1-11,13H,12H2. The highest BCUT2D eigenvalue weighted by Gasteiger charge is 2.10. The molecule has 3 aromatic carbocycles. The van der Waals surface area contributed by atoms with Gasteiger partial charge in [-0.1, -0.05) is 57.9 Å². The maximum atomic E-state index is 12.8. The van der Waals surface area contributed by atoms with Gasteiger partial charge in [0.2, 0.25) is 0 Å². The number of ether oxygens (including phenoxy) is 1. The van der Waals surface area contributed by atoms with Crippen LogP contribution in [0.15, 0.2) is 86.7 Å². The van der Waals surface area contributed by atoms with Gasteiger partial charge in [-0.2, -0.15) is 0 Å². The summed E-state index contributed by atoms with van der Waals surface area (Å²) in [6.45, 7) is 0.340. The van der Waals surface area contributed by atoms with Crippen molar-refractivity contribution in [3.63, 3.8) is 0 Å². The normalized spacial score (nSPS) is 10.9. The van der Waals surface area contributed by atoms with Gasteiger partial charge in [-0.3, -0.25) is 4.79 Å². The third kappa shape index (κ3) is 3.77. The number of benzene rings is 3. The van der Waals surface area contributed by atoms with E-state index >= 15 is 0 Å². The fraction of sp³-hybridized carbons (Fsp3) is 0.0455. The number of halogens is 2. The number of hydrogen-bond donors (Lipinski definition) is 0. The lowest BCUT2D eigenvalue weighted by Crippen LogP contribution is -2.05. The van der Waals surface area contributed by atoms with Gasteiger partial charge in [0.05, 0.1) is 10.9 Å². The van der Waals surface area contributed by atoms with Crippen LogP contribution in [0.25, 0.3) is 22.1 Å². The molecular weight excluding hydrogens is 428 g/mol. The molecule has 4 aromatic rings. The molecule has 0 fully saturated rings. The molecule has 0 radical (unpaired) electrons. The predicted molar refractivity (Wildman–Crippen MR) is 111 cm³/mol. The van der Waals surface area contributed by atoms with Crippen molar-refractivity contribution in [1.82, 2.24) is 0 Å². The first kappa shape index (κ1) is 17.8. The van der Waals surface area contributed by atoms with Crippen molar-refractivity contribution in [2.45, 2.75) is 6.61 Å². The second-order valence-electron chi connectivity index (χ2n) is 6.02. The largest absolute Gasteiger partial charge is 0.489 e. The number of fused-ring (bicyclic) bond motifs is 1. The molecule has 5 heteroatoms. The summed E-state index contributed by atoms with van der Waals surface area (Å²) in [6, 6.07) is 20.3. The van der Waals surface area contributed by atoms with E-state index in [1.807, 2.05) is 48.5 Å². The van der Waals surface area contributed by atoms with Crippen molar-refractivity contribution >= 4 is 38.5 Å². The van der Waals surface area contributed by atoms with E-state index in [-0.39, 0.29) is 5.43 Å². The monoisotopic (exact) mass is 440 g/mol. The minimum absolute atomic E-state index is 0.0729. The molecular formula is C22H14BrClO3. The van der Waals surface area contributed by atoms with Gasteiger partial charge in [0.15, 0.2) is 5.43 Å².